The minimum atomic E-state index is -0.447. The van der Waals surface area contributed by atoms with Crippen molar-refractivity contribution in [3.8, 4) is 0 Å². The molecular weight excluding hydrogens is 302 g/mol. The van der Waals surface area contributed by atoms with Crippen molar-refractivity contribution >= 4 is 11.9 Å². The number of ketones is 1. The molecule has 0 unspecified atom stereocenters. The van der Waals surface area contributed by atoms with E-state index >= 15 is 0 Å². The Morgan fingerprint density at radius 2 is 1.75 bits per heavy atom. The van der Waals surface area contributed by atoms with Gasteiger partial charge in [0.1, 0.15) is 11.4 Å². The van der Waals surface area contributed by atoms with Gasteiger partial charge in [0.15, 0.2) is 0 Å². The Labute approximate surface area is 145 Å². The number of amides is 1. The lowest BCUT2D eigenvalue weighted by Crippen LogP contribution is -2.41. The molecule has 4 heteroatoms. The fourth-order valence-corrected chi connectivity index (χ4v) is 3.01. The number of ether oxygens (including phenoxy) is 1. The van der Waals surface area contributed by atoms with E-state index in [2.05, 4.69) is 0 Å². The van der Waals surface area contributed by atoms with Crippen LogP contribution in [-0.4, -0.2) is 35.5 Å². The number of hydrogen-bond donors (Lipinski definition) is 0. The molecule has 1 aliphatic heterocycles. The van der Waals surface area contributed by atoms with Crippen LogP contribution in [0.2, 0.25) is 0 Å². The SMILES string of the molecule is CC(C)(C)OC(=O)N1CCC(CCC(=O)Cc2ccccc2)CC1. The average molecular weight is 331 g/mol. The number of nitrogens with zero attached hydrogens (tertiary/aromatic N) is 1. The summed E-state index contributed by atoms with van der Waals surface area (Å²) in [6.07, 6.45) is 3.77. The number of carbonyl (C=O) groups excluding carboxylic acids is 2. The summed E-state index contributed by atoms with van der Waals surface area (Å²) >= 11 is 0. The van der Waals surface area contributed by atoms with E-state index in [4.69, 9.17) is 4.74 Å². The second kappa shape index (κ2) is 8.32. The second-order valence-electron chi connectivity index (χ2n) is 7.65. The number of likely N-dealkylation sites (tertiary alicyclic amines) is 1. The molecule has 1 saturated heterocycles. The van der Waals surface area contributed by atoms with Crippen molar-refractivity contribution < 1.29 is 14.3 Å². The van der Waals surface area contributed by atoms with Crippen LogP contribution in [0.4, 0.5) is 4.79 Å². The van der Waals surface area contributed by atoms with E-state index in [9.17, 15) is 9.59 Å². The minimum absolute atomic E-state index is 0.221. The standard InChI is InChI=1S/C20H29NO3/c1-20(2,3)24-19(23)21-13-11-16(12-14-21)9-10-18(22)15-17-7-5-4-6-8-17/h4-8,16H,9-15H2,1-3H3. The topological polar surface area (TPSA) is 46.6 Å². The number of benzene rings is 1. The van der Waals surface area contributed by atoms with Gasteiger partial charge < -0.3 is 9.64 Å². The van der Waals surface area contributed by atoms with Gasteiger partial charge in [-0.15, -0.1) is 0 Å². The molecule has 1 fully saturated rings. The Kier molecular flexibility index (Phi) is 6.41. The van der Waals surface area contributed by atoms with Crippen molar-refractivity contribution in [3.63, 3.8) is 0 Å². The largest absolute Gasteiger partial charge is 0.444 e. The molecule has 0 aliphatic carbocycles. The molecule has 24 heavy (non-hydrogen) atoms. The van der Waals surface area contributed by atoms with Crippen LogP contribution in [-0.2, 0) is 16.0 Å². The van der Waals surface area contributed by atoms with Crippen LogP contribution >= 0.6 is 0 Å². The van der Waals surface area contributed by atoms with E-state index < -0.39 is 5.60 Å². The first kappa shape index (κ1) is 18.5. The van der Waals surface area contributed by atoms with Gasteiger partial charge in [0.25, 0.3) is 0 Å². The van der Waals surface area contributed by atoms with Gasteiger partial charge in [0.05, 0.1) is 0 Å². The lowest BCUT2D eigenvalue weighted by molar-refractivity contribution is -0.118. The van der Waals surface area contributed by atoms with E-state index in [0.29, 0.717) is 24.5 Å². The lowest BCUT2D eigenvalue weighted by atomic mass is 9.90. The molecule has 0 bridgehead atoms. The molecule has 0 N–H and O–H groups in total. The van der Waals surface area contributed by atoms with E-state index in [-0.39, 0.29) is 6.09 Å². The van der Waals surface area contributed by atoms with E-state index in [1.54, 1.807) is 4.90 Å². The first-order chi connectivity index (χ1) is 11.3. The van der Waals surface area contributed by atoms with Gasteiger partial charge in [-0.05, 0) is 51.5 Å². The molecule has 0 spiro atoms. The number of Topliss-reactive ketones (excluding diaryl/α,β-unsaturated/α-hetero) is 1. The molecule has 1 aliphatic rings. The normalized spacial score (nSPS) is 16.0. The third-order valence-corrected chi connectivity index (χ3v) is 4.34. The van der Waals surface area contributed by atoms with Crippen molar-refractivity contribution in [1.29, 1.82) is 0 Å². The van der Waals surface area contributed by atoms with Crippen LogP contribution in [0.3, 0.4) is 0 Å². The molecule has 0 aromatic heterocycles. The van der Waals surface area contributed by atoms with Crippen molar-refractivity contribution in [2.75, 3.05) is 13.1 Å². The van der Waals surface area contributed by atoms with E-state index in [0.717, 1.165) is 37.9 Å². The Bertz CT molecular complexity index is 540. The summed E-state index contributed by atoms with van der Waals surface area (Å²) in [6.45, 7) is 7.11. The zero-order valence-corrected chi connectivity index (χ0v) is 15.1. The Morgan fingerprint density at radius 3 is 2.33 bits per heavy atom. The zero-order valence-electron chi connectivity index (χ0n) is 15.1. The Hall–Kier alpha value is -1.84. The van der Waals surface area contributed by atoms with Crippen LogP contribution in [0, 0.1) is 5.92 Å². The molecule has 1 aromatic carbocycles. The Balaban J connectivity index is 1.68. The summed E-state index contributed by atoms with van der Waals surface area (Å²) in [7, 11) is 0. The van der Waals surface area contributed by atoms with Crippen molar-refractivity contribution in [3.05, 3.63) is 35.9 Å². The maximum absolute atomic E-state index is 12.1. The summed E-state index contributed by atoms with van der Waals surface area (Å²) in [6, 6.07) is 9.89. The monoisotopic (exact) mass is 331 g/mol. The van der Waals surface area contributed by atoms with Gasteiger partial charge >= 0.3 is 6.09 Å². The van der Waals surface area contributed by atoms with Gasteiger partial charge in [-0.1, -0.05) is 30.3 Å². The summed E-state index contributed by atoms with van der Waals surface area (Å²) in [5, 5.41) is 0. The lowest BCUT2D eigenvalue weighted by Gasteiger charge is -2.33. The first-order valence-corrected chi connectivity index (χ1v) is 8.87. The van der Waals surface area contributed by atoms with Crippen molar-refractivity contribution in [2.24, 2.45) is 5.92 Å². The van der Waals surface area contributed by atoms with Gasteiger partial charge in [-0.25, -0.2) is 4.79 Å². The molecule has 0 radical (unpaired) electrons. The van der Waals surface area contributed by atoms with Crippen molar-refractivity contribution in [2.45, 2.75) is 58.5 Å². The average Bonchev–Trinajstić information content (AvgIpc) is 2.53. The summed E-state index contributed by atoms with van der Waals surface area (Å²) < 4.78 is 5.41. The summed E-state index contributed by atoms with van der Waals surface area (Å²) in [5.74, 6) is 0.833. The first-order valence-electron chi connectivity index (χ1n) is 8.87. The third kappa shape index (κ3) is 6.34. The molecular formula is C20H29NO3. The highest BCUT2D eigenvalue weighted by molar-refractivity contribution is 5.80. The van der Waals surface area contributed by atoms with Gasteiger partial charge in [0.2, 0.25) is 0 Å². The van der Waals surface area contributed by atoms with E-state index in [1.807, 2.05) is 51.1 Å². The molecule has 1 heterocycles. The number of piperidine rings is 1. The molecule has 2 rings (SSSR count). The van der Waals surface area contributed by atoms with Crippen LogP contribution in [0.5, 0.6) is 0 Å². The predicted molar refractivity (Wildman–Crippen MR) is 94.9 cm³/mol. The maximum atomic E-state index is 12.1. The highest BCUT2D eigenvalue weighted by Crippen LogP contribution is 2.23. The smallest absolute Gasteiger partial charge is 0.410 e. The quantitative estimate of drug-likeness (QED) is 0.811. The van der Waals surface area contributed by atoms with Gasteiger partial charge in [-0.2, -0.15) is 0 Å². The van der Waals surface area contributed by atoms with E-state index in [1.165, 1.54) is 0 Å². The predicted octanol–water partition coefficient (Wildman–Crippen LogP) is 4.23. The molecule has 1 amide bonds. The van der Waals surface area contributed by atoms with Crippen LogP contribution in [0.1, 0.15) is 52.0 Å². The summed E-state index contributed by atoms with van der Waals surface area (Å²) in [4.78, 5) is 25.9. The third-order valence-electron chi connectivity index (χ3n) is 4.34. The minimum Gasteiger partial charge on any atom is -0.444 e. The fraction of sp³-hybridized carbons (Fsp3) is 0.600. The highest BCUT2D eigenvalue weighted by Gasteiger charge is 2.26. The highest BCUT2D eigenvalue weighted by atomic mass is 16.6. The fourth-order valence-electron chi connectivity index (χ4n) is 3.01. The van der Waals surface area contributed by atoms with Crippen LogP contribution in [0.15, 0.2) is 30.3 Å². The molecule has 0 saturated carbocycles. The molecule has 0 atom stereocenters. The molecule has 132 valence electrons. The second-order valence-corrected chi connectivity index (χ2v) is 7.65. The molecule has 4 nitrogen and oxygen atoms in total. The zero-order chi connectivity index (χ0) is 17.6. The van der Waals surface area contributed by atoms with Crippen LogP contribution < -0.4 is 0 Å². The summed E-state index contributed by atoms with van der Waals surface area (Å²) in [5.41, 5.74) is 0.639. The number of hydrogen-bond acceptors (Lipinski definition) is 3. The number of rotatable bonds is 5. The molecule has 1 aromatic rings. The number of carbonyl (C=O) groups is 2. The van der Waals surface area contributed by atoms with Gasteiger partial charge in [0, 0.05) is 25.9 Å². The van der Waals surface area contributed by atoms with Gasteiger partial charge in [-0.3, -0.25) is 4.79 Å². The van der Waals surface area contributed by atoms with Crippen molar-refractivity contribution in [1.82, 2.24) is 4.90 Å². The van der Waals surface area contributed by atoms with Crippen LogP contribution in [0.25, 0.3) is 0 Å². The Morgan fingerprint density at radius 1 is 1.12 bits per heavy atom. The maximum Gasteiger partial charge on any atom is 0.410 e.